The average Bonchev–Trinajstić information content (AvgIpc) is 2.80. The van der Waals surface area contributed by atoms with E-state index in [1.165, 1.54) is 0 Å². The van der Waals surface area contributed by atoms with Crippen molar-refractivity contribution >= 4 is 25.6 Å². The van der Waals surface area contributed by atoms with Gasteiger partial charge in [0.2, 0.25) is 0 Å². The number of nitrogens with zero attached hydrogens (tertiary/aromatic N) is 2. The molecule has 0 radical (unpaired) electrons. The highest BCUT2D eigenvalue weighted by atomic mass is 19.4. The number of nitrogens with one attached hydrogen (secondary N) is 1. The number of aliphatic carboxylic acids is 1. The lowest BCUT2D eigenvalue weighted by atomic mass is 9.80. The minimum absolute atomic E-state index is 0.124. The number of anilines is 1. The summed E-state index contributed by atoms with van der Waals surface area (Å²) in [5.74, 6) is -15.8. The van der Waals surface area contributed by atoms with E-state index < -0.39 is 99.6 Å². The fourth-order valence-electron chi connectivity index (χ4n) is 3.92. The van der Waals surface area contributed by atoms with Gasteiger partial charge < -0.3 is 50.9 Å². The van der Waals surface area contributed by atoms with Crippen molar-refractivity contribution in [1.82, 2.24) is 9.80 Å². The van der Waals surface area contributed by atoms with Crippen LogP contribution in [0.2, 0.25) is 0 Å². The molecule has 1 amide bonds. The fraction of sp³-hybridized carbons (Fsp3) is 0.600. The van der Waals surface area contributed by atoms with Gasteiger partial charge in [-0.1, -0.05) is 6.07 Å². The van der Waals surface area contributed by atoms with Gasteiger partial charge in [0.1, 0.15) is 0 Å². The normalized spacial score (nSPS) is 22.2. The lowest BCUT2D eigenvalue weighted by Gasteiger charge is -2.61. The van der Waals surface area contributed by atoms with E-state index in [1.54, 1.807) is 0 Å². The molecule has 2 rings (SSSR count). The third-order valence-electron chi connectivity index (χ3n) is 6.26. The Morgan fingerprint density at radius 1 is 0.886 bits per heavy atom. The first-order valence-corrected chi connectivity index (χ1v) is 11.6. The molecule has 0 aliphatic carbocycles. The van der Waals surface area contributed by atoms with Crippen LogP contribution in [0.5, 0.6) is 0 Å². The largest absolute Gasteiger partial charge is 0.481 e. The second-order valence-electron chi connectivity index (χ2n) is 9.49. The molecule has 1 heterocycles. The van der Waals surface area contributed by atoms with E-state index in [2.05, 4.69) is 10.1 Å². The molecule has 1 aliphatic heterocycles. The summed E-state index contributed by atoms with van der Waals surface area (Å²) in [6.07, 6.45) is -26.9. The second kappa shape index (κ2) is 11.7. The predicted octanol–water partition coefficient (Wildman–Crippen LogP) is -1.08. The molecule has 1 aromatic rings. The molecule has 1 aromatic carbocycles. The van der Waals surface area contributed by atoms with E-state index in [0.29, 0.717) is 18.2 Å². The van der Waals surface area contributed by atoms with Gasteiger partial charge in [0.25, 0.3) is 12.0 Å². The van der Waals surface area contributed by atoms with Gasteiger partial charge in [-0.25, -0.2) is 9.69 Å². The molecule has 1 saturated heterocycles. The summed E-state index contributed by atoms with van der Waals surface area (Å²) in [6.45, 7) is -1.81. The minimum atomic E-state index is -6.44. The smallest absolute Gasteiger partial charge is 0.434 e. The van der Waals surface area contributed by atoms with Gasteiger partial charge in [-0.15, -0.1) is 0 Å². The molecule has 44 heavy (non-hydrogen) atoms. The van der Waals surface area contributed by atoms with Crippen LogP contribution in [-0.4, -0.2) is 119 Å². The average molecular weight is 663 g/mol. The van der Waals surface area contributed by atoms with Crippen LogP contribution in [0.3, 0.4) is 0 Å². The zero-order valence-electron chi connectivity index (χ0n) is 21.7. The maximum Gasteiger partial charge on any atom is 0.434 e. The SMILES string of the molecule is BC1(O)N(Cc2ccc(C(F)(F)F)cc2NCCCC(=O)O)C(O)(O)C(O)(O)N(C(=O)OC(C(F)(F)F)C(F)(F)F)C1(O)O. The van der Waals surface area contributed by atoms with Crippen LogP contribution in [0.25, 0.3) is 0 Å². The quantitative estimate of drug-likeness (QED) is 0.0700. The van der Waals surface area contributed by atoms with Crippen LogP contribution in [-0.2, 0) is 22.3 Å². The number of ether oxygens (including phenoxy) is 1. The summed E-state index contributed by atoms with van der Waals surface area (Å²) in [6, 6.07) is 1.35. The van der Waals surface area contributed by atoms with E-state index in [9.17, 15) is 84.8 Å². The number of benzene rings is 1. The number of piperazine rings is 1. The number of alkyl halides is 9. The third kappa shape index (κ3) is 7.06. The number of rotatable bonds is 8. The van der Waals surface area contributed by atoms with Crippen LogP contribution in [0, 0.1) is 0 Å². The van der Waals surface area contributed by atoms with Crippen molar-refractivity contribution in [3.05, 3.63) is 29.3 Å². The molecule has 24 heteroatoms. The lowest BCUT2D eigenvalue weighted by molar-refractivity contribution is -0.557. The molecule has 0 spiro atoms. The number of aliphatic hydroxyl groups is 7. The van der Waals surface area contributed by atoms with Gasteiger partial charge in [-0.2, -0.15) is 44.4 Å². The van der Waals surface area contributed by atoms with E-state index in [4.69, 9.17) is 5.11 Å². The van der Waals surface area contributed by atoms with Gasteiger partial charge in [0, 0.05) is 25.2 Å². The summed E-state index contributed by atoms with van der Waals surface area (Å²) in [4.78, 5) is 20.8. The lowest BCUT2D eigenvalue weighted by Crippen LogP contribution is -2.91. The molecule has 250 valence electrons. The number of carbonyl (C=O) groups is 2. The first-order chi connectivity index (χ1) is 19.5. The summed E-state index contributed by atoms with van der Waals surface area (Å²) in [5, 5.41) is 84.7. The van der Waals surface area contributed by atoms with Crippen molar-refractivity contribution in [2.24, 2.45) is 0 Å². The number of carboxylic acid groups (broad SMARTS) is 1. The highest BCUT2D eigenvalue weighted by molar-refractivity contribution is 6.15. The van der Waals surface area contributed by atoms with Crippen molar-refractivity contribution in [3.8, 4) is 0 Å². The Labute approximate surface area is 239 Å². The molecule has 0 saturated carbocycles. The summed E-state index contributed by atoms with van der Waals surface area (Å²) >= 11 is 0. The van der Waals surface area contributed by atoms with Gasteiger partial charge in [0.05, 0.1) is 5.56 Å². The molecule has 1 atom stereocenters. The minimum Gasteiger partial charge on any atom is -0.481 e. The third-order valence-corrected chi connectivity index (χ3v) is 6.26. The van der Waals surface area contributed by atoms with Crippen molar-refractivity contribution < 1.29 is 94.7 Å². The summed E-state index contributed by atoms with van der Waals surface area (Å²) in [7, 11) is 0.124. The summed E-state index contributed by atoms with van der Waals surface area (Å²) in [5.41, 5.74) is -6.46. The van der Waals surface area contributed by atoms with E-state index in [1.807, 2.05) is 0 Å². The first-order valence-electron chi connectivity index (χ1n) is 11.6. The van der Waals surface area contributed by atoms with Crippen molar-refractivity contribution in [2.45, 2.75) is 67.4 Å². The van der Waals surface area contributed by atoms with Gasteiger partial charge in [0.15, 0.2) is 13.5 Å². The maximum absolute atomic E-state index is 13.3. The maximum atomic E-state index is 13.3. The highest BCUT2D eigenvalue weighted by Gasteiger charge is 2.77. The number of halogens is 9. The first kappa shape index (κ1) is 37.1. The van der Waals surface area contributed by atoms with Crippen LogP contribution in [0.1, 0.15) is 24.0 Å². The second-order valence-corrected chi connectivity index (χ2v) is 9.49. The summed E-state index contributed by atoms with van der Waals surface area (Å²) < 4.78 is 120. The standard InChI is InChI=1S/C20H23BF9N3O11/c21-17(37)18(38,39)33(13(36)44-12(15(25,26)27)16(28,29)30)20(42,43)19(40,41)32(17)7-8-3-4-9(14(22,23)24)6-10(8)31-5-1-2-11(34)35/h3-4,6,12,31,37-43H,1-2,5,7,21H2,(H,34,35). The molecule has 1 fully saturated rings. The van der Waals surface area contributed by atoms with E-state index in [-0.39, 0.29) is 20.8 Å². The van der Waals surface area contributed by atoms with Gasteiger partial charge in [-0.3, -0.25) is 4.79 Å². The van der Waals surface area contributed by atoms with Gasteiger partial charge >= 0.3 is 42.4 Å². The zero-order chi connectivity index (χ0) is 34.5. The number of hydrogen-bond donors (Lipinski definition) is 9. The Kier molecular flexibility index (Phi) is 9.83. The van der Waals surface area contributed by atoms with Gasteiger partial charge in [-0.05, 0) is 24.1 Å². The monoisotopic (exact) mass is 663 g/mol. The zero-order valence-corrected chi connectivity index (χ0v) is 21.7. The fourth-order valence-corrected chi connectivity index (χ4v) is 3.92. The van der Waals surface area contributed by atoms with E-state index >= 15 is 0 Å². The Bertz CT molecular complexity index is 1200. The van der Waals surface area contributed by atoms with Crippen molar-refractivity contribution in [3.63, 3.8) is 0 Å². The topological polar surface area (TPSA) is 224 Å². The molecule has 0 bridgehead atoms. The predicted molar refractivity (Wildman–Crippen MR) is 122 cm³/mol. The number of amides is 1. The Morgan fingerprint density at radius 3 is 1.86 bits per heavy atom. The van der Waals surface area contributed by atoms with Crippen LogP contribution >= 0.6 is 0 Å². The molecule has 0 aromatic heterocycles. The number of carboxylic acids is 1. The Morgan fingerprint density at radius 2 is 1.41 bits per heavy atom. The number of hydrogen-bond acceptors (Lipinski definition) is 12. The molecular weight excluding hydrogens is 640 g/mol. The molecule has 1 unspecified atom stereocenters. The van der Waals surface area contributed by atoms with E-state index in [0.717, 1.165) is 0 Å². The van der Waals surface area contributed by atoms with Crippen molar-refractivity contribution in [2.75, 3.05) is 11.9 Å². The van der Waals surface area contributed by atoms with Crippen LogP contribution in [0.15, 0.2) is 18.2 Å². The Hall–Kier alpha value is -3.13. The van der Waals surface area contributed by atoms with Crippen molar-refractivity contribution in [1.29, 1.82) is 0 Å². The Balaban J connectivity index is 2.61. The molecular formula is C20H23BF9N3O11. The van der Waals surface area contributed by atoms with Crippen LogP contribution in [0.4, 0.5) is 50.0 Å². The molecule has 1 aliphatic rings. The molecule has 9 N–H and O–H groups in total. The molecule has 14 nitrogen and oxygen atoms in total. The number of carbonyl (C=O) groups excluding carboxylic acids is 1. The van der Waals surface area contributed by atoms with Crippen LogP contribution < -0.4 is 5.32 Å². The highest BCUT2D eigenvalue weighted by Crippen LogP contribution is 2.46.